The number of hydrogen-bond acceptors (Lipinski definition) is 4. The third-order valence-corrected chi connectivity index (χ3v) is 5.64. The first-order chi connectivity index (χ1) is 12.6. The van der Waals surface area contributed by atoms with Gasteiger partial charge in [0.25, 0.3) is 0 Å². The lowest BCUT2D eigenvalue weighted by Gasteiger charge is -2.43. The number of aliphatic carboxylic acids is 1. The van der Waals surface area contributed by atoms with Crippen molar-refractivity contribution in [1.82, 2.24) is 9.80 Å². The van der Waals surface area contributed by atoms with Crippen LogP contribution in [-0.2, 0) is 17.8 Å². The molecule has 6 heteroatoms. The maximum Gasteiger partial charge on any atom is 0.345 e. The van der Waals surface area contributed by atoms with E-state index in [1.807, 2.05) is 48.5 Å². The first kappa shape index (κ1) is 17.3. The van der Waals surface area contributed by atoms with Crippen LogP contribution in [0.25, 0.3) is 0 Å². The Labute approximate surface area is 158 Å². The number of nitrogens with zero attached hydrogens (tertiary/aromatic N) is 2. The van der Waals surface area contributed by atoms with E-state index in [4.69, 9.17) is 11.6 Å². The lowest BCUT2D eigenvalue weighted by molar-refractivity contribution is -0.150. The lowest BCUT2D eigenvalue weighted by Crippen LogP contribution is -2.64. The van der Waals surface area contributed by atoms with Gasteiger partial charge in [-0.2, -0.15) is 0 Å². The molecule has 0 amide bonds. The Kier molecular flexibility index (Phi) is 4.61. The topological polar surface area (TPSA) is 55.8 Å². The second-order valence-electron chi connectivity index (χ2n) is 7.01. The van der Waals surface area contributed by atoms with E-state index in [1.54, 1.807) is 0 Å². The van der Waals surface area contributed by atoms with Crippen LogP contribution >= 0.6 is 11.6 Å². The fourth-order valence-electron chi connectivity index (χ4n) is 3.93. The van der Waals surface area contributed by atoms with Gasteiger partial charge in [-0.25, -0.2) is 4.79 Å². The van der Waals surface area contributed by atoms with Crippen molar-refractivity contribution < 1.29 is 9.90 Å². The van der Waals surface area contributed by atoms with Gasteiger partial charge in [0.2, 0.25) is 0 Å². The molecule has 2 heterocycles. The van der Waals surface area contributed by atoms with E-state index in [1.165, 1.54) is 5.56 Å². The van der Waals surface area contributed by atoms with Crippen LogP contribution in [-0.4, -0.2) is 52.7 Å². The summed E-state index contributed by atoms with van der Waals surface area (Å²) in [7, 11) is 0. The smallest absolute Gasteiger partial charge is 0.345 e. The van der Waals surface area contributed by atoms with Gasteiger partial charge in [-0.05, 0) is 29.3 Å². The quantitative estimate of drug-likeness (QED) is 0.865. The van der Waals surface area contributed by atoms with Crippen LogP contribution in [0.4, 0.5) is 5.69 Å². The largest absolute Gasteiger partial charge is 0.478 e. The molecule has 0 saturated carbocycles. The molecule has 26 heavy (non-hydrogen) atoms. The number of benzene rings is 2. The Bertz CT molecular complexity index is 776. The Morgan fingerprint density at radius 2 is 1.77 bits per heavy atom. The van der Waals surface area contributed by atoms with Crippen LogP contribution in [0.2, 0.25) is 5.02 Å². The summed E-state index contributed by atoms with van der Waals surface area (Å²) in [5.41, 5.74) is 2.19. The van der Waals surface area contributed by atoms with Crippen molar-refractivity contribution in [3.8, 4) is 0 Å². The number of rotatable bonds is 4. The summed E-state index contributed by atoms with van der Waals surface area (Å²) in [5, 5.41) is 14.0. The molecule has 1 saturated heterocycles. The molecule has 0 radical (unpaired) electrons. The minimum atomic E-state index is -1.03. The Balaban J connectivity index is 1.43. The second kappa shape index (κ2) is 6.91. The molecule has 5 nitrogen and oxygen atoms in total. The highest BCUT2D eigenvalue weighted by Crippen LogP contribution is 2.35. The number of para-hydroxylation sites is 1. The Morgan fingerprint density at radius 3 is 2.42 bits per heavy atom. The van der Waals surface area contributed by atoms with E-state index in [2.05, 4.69) is 15.1 Å². The molecular weight excluding hydrogens is 350 g/mol. The molecule has 2 aliphatic heterocycles. The second-order valence-corrected chi connectivity index (χ2v) is 7.45. The van der Waals surface area contributed by atoms with Crippen molar-refractivity contribution in [3.63, 3.8) is 0 Å². The van der Waals surface area contributed by atoms with Crippen LogP contribution in [0, 0.1) is 0 Å². The molecule has 2 aliphatic rings. The van der Waals surface area contributed by atoms with Gasteiger partial charge < -0.3 is 10.4 Å². The van der Waals surface area contributed by atoms with E-state index >= 15 is 0 Å². The highest BCUT2D eigenvalue weighted by atomic mass is 35.5. The first-order valence-corrected chi connectivity index (χ1v) is 9.26. The maximum atomic E-state index is 12.2. The van der Waals surface area contributed by atoms with Crippen LogP contribution < -0.4 is 5.32 Å². The molecule has 0 aromatic heterocycles. The summed E-state index contributed by atoms with van der Waals surface area (Å²) in [4.78, 5) is 16.6. The summed E-state index contributed by atoms with van der Waals surface area (Å²) < 4.78 is 0. The number of carboxylic acids is 1. The van der Waals surface area contributed by atoms with Gasteiger partial charge in [0.1, 0.15) is 0 Å². The van der Waals surface area contributed by atoms with Crippen molar-refractivity contribution in [3.05, 3.63) is 64.7 Å². The number of anilines is 1. The summed E-state index contributed by atoms with van der Waals surface area (Å²) in [6.07, 6.45) is 0.496. The van der Waals surface area contributed by atoms with Gasteiger partial charge in [0.05, 0.1) is 0 Å². The summed E-state index contributed by atoms with van der Waals surface area (Å²) in [5.74, 6) is -0.806. The number of nitrogens with one attached hydrogen (secondary N) is 1. The predicted molar refractivity (Wildman–Crippen MR) is 102 cm³/mol. The fraction of sp³-hybridized carbons (Fsp3) is 0.350. The van der Waals surface area contributed by atoms with Crippen molar-refractivity contribution in [2.75, 3.05) is 31.5 Å². The van der Waals surface area contributed by atoms with Crippen LogP contribution in [0.3, 0.4) is 0 Å². The zero-order chi connectivity index (χ0) is 18.1. The number of carbonyl (C=O) groups is 1. The molecule has 2 N–H and O–H groups in total. The number of carboxylic acid groups (broad SMARTS) is 1. The molecule has 0 spiro atoms. The molecule has 2 aromatic carbocycles. The van der Waals surface area contributed by atoms with E-state index in [-0.39, 0.29) is 0 Å². The zero-order valence-electron chi connectivity index (χ0n) is 14.5. The Morgan fingerprint density at radius 1 is 1.08 bits per heavy atom. The molecule has 4 rings (SSSR count). The summed E-state index contributed by atoms with van der Waals surface area (Å²) in [6.45, 7) is 3.99. The normalized spacial score (nSPS) is 23.4. The van der Waals surface area contributed by atoms with Crippen molar-refractivity contribution in [2.24, 2.45) is 0 Å². The highest BCUT2D eigenvalue weighted by Gasteiger charge is 2.49. The van der Waals surface area contributed by atoms with Gasteiger partial charge in [-0.3, -0.25) is 9.80 Å². The molecule has 0 unspecified atom stereocenters. The van der Waals surface area contributed by atoms with Crippen LogP contribution in [0.15, 0.2) is 48.5 Å². The van der Waals surface area contributed by atoms with Gasteiger partial charge in [-0.15, -0.1) is 0 Å². The average Bonchev–Trinajstić information content (AvgIpc) is 3.05. The number of piperazine rings is 1. The third-order valence-electron chi connectivity index (χ3n) is 5.39. The molecule has 136 valence electrons. The van der Waals surface area contributed by atoms with E-state index in [0.29, 0.717) is 6.42 Å². The van der Waals surface area contributed by atoms with Gasteiger partial charge in [0, 0.05) is 49.9 Å². The minimum absolute atomic E-state index is 0.496. The summed E-state index contributed by atoms with van der Waals surface area (Å²) >= 11 is 5.95. The number of halogens is 1. The predicted octanol–water partition coefficient (Wildman–Crippen LogP) is 2.91. The zero-order valence-corrected chi connectivity index (χ0v) is 15.2. The molecule has 0 bridgehead atoms. The molecule has 1 atom stereocenters. The lowest BCUT2D eigenvalue weighted by atomic mass is 10.0. The van der Waals surface area contributed by atoms with Crippen LogP contribution in [0.5, 0.6) is 0 Å². The minimum Gasteiger partial charge on any atom is -0.478 e. The monoisotopic (exact) mass is 371 g/mol. The fourth-order valence-corrected chi connectivity index (χ4v) is 4.06. The van der Waals surface area contributed by atoms with E-state index in [9.17, 15) is 9.90 Å². The van der Waals surface area contributed by atoms with Crippen LogP contribution in [0.1, 0.15) is 11.1 Å². The van der Waals surface area contributed by atoms with Crippen molar-refractivity contribution in [2.45, 2.75) is 18.6 Å². The van der Waals surface area contributed by atoms with Crippen molar-refractivity contribution >= 4 is 23.3 Å². The van der Waals surface area contributed by atoms with Gasteiger partial charge in [0.15, 0.2) is 5.66 Å². The molecule has 1 fully saturated rings. The molecule has 2 aromatic rings. The SMILES string of the molecule is O=C(O)[C@]1(N2CCN(Cc3ccc(Cl)cc3)CC2)Cc2ccccc2N1. The standard InChI is InChI=1S/C20H22ClN3O2/c21-17-7-5-15(6-8-17)14-23-9-11-24(12-10-23)20(19(25)26)13-16-3-1-2-4-18(16)22-20/h1-8,22H,9-14H2,(H,25,26)/t20-/m1/s1. The van der Waals surface area contributed by atoms with E-state index < -0.39 is 11.6 Å². The average molecular weight is 372 g/mol. The first-order valence-electron chi connectivity index (χ1n) is 8.88. The number of hydrogen-bond donors (Lipinski definition) is 2. The maximum absolute atomic E-state index is 12.2. The van der Waals surface area contributed by atoms with Gasteiger partial charge >= 0.3 is 5.97 Å². The molecule has 0 aliphatic carbocycles. The third kappa shape index (κ3) is 3.18. The highest BCUT2D eigenvalue weighted by molar-refractivity contribution is 6.30. The summed E-state index contributed by atoms with van der Waals surface area (Å²) in [6, 6.07) is 15.8. The number of fused-ring (bicyclic) bond motifs is 1. The Hall–Kier alpha value is -2.08. The molecular formula is C20H22ClN3O2. The van der Waals surface area contributed by atoms with E-state index in [0.717, 1.165) is 49.0 Å². The van der Waals surface area contributed by atoms with Gasteiger partial charge in [-0.1, -0.05) is 41.9 Å². The van der Waals surface area contributed by atoms with Crippen molar-refractivity contribution in [1.29, 1.82) is 0 Å².